The number of fused-ring (bicyclic) bond motifs is 1. The number of aromatic nitrogens is 1. The van der Waals surface area contributed by atoms with E-state index in [-0.39, 0.29) is 4.75 Å². The summed E-state index contributed by atoms with van der Waals surface area (Å²) in [5.41, 5.74) is 2.82. The molecule has 4 heteroatoms. The molecule has 0 aliphatic carbocycles. The van der Waals surface area contributed by atoms with Crippen molar-refractivity contribution in [3.05, 3.63) is 64.8 Å². The predicted octanol–water partition coefficient (Wildman–Crippen LogP) is 6.55. The van der Waals surface area contributed by atoms with Gasteiger partial charge in [0.25, 0.3) is 0 Å². The Morgan fingerprint density at radius 2 is 1.59 bits per heavy atom. The molecule has 0 fully saturated rings. The lowest BCUT2D eigenvalue weighted by atomic mass is 10.0. The lowest BCUT2D eigenvalue weighted by molar-refractivity contribution is 0.0785. The van der Waals surface area contributed by atoms with Gasteiger partial charge in [0.05, 0.1) is 5.60 Å². The number of hydrogen-bond donors (Lipinski definition) is 1. The van der Waals surface area contributed by atoms with Crippen molar-refractivity contribution in [2.75, 3.05) is 0 Å². The molecule has 0 saturated heterocycles. The number of para-hydroxylation sites is 1. The molecule has 1 aromatic heterocycles. The highest BCUT2D eigenvalue weighted by molar-refractivity contribution is 8.00. The van der Waals surface area contributed by atoms with E-state index in [9.17, 15) is 5.11 Å². The highest BCUT2D eigenvalue weighted by Gasteiger charge is 2.26. The molecule has 0 bridgehead atoms. The number of benzene rings is 2. The van der Waals surface area contributed by atoms with Gasteiger partial charge in [-0.2, -0.15) is 0 Å². The summed E-state index contributed by atoms with van der Waals surface area (Å²) in [7, 11) is 0. The molecule has 0 spiro atoms. The van der Waals surface area contributed by atoms with Crippen LogP contribution in [0, 0.1) is 0 Å². The van der Waals surface area contributed by atoms with Crippen molar-refractivity contribution in [2.45, 2.75) is 62.8 Å². The summed E-state index contributed by atoms with van der Waals surface area (Å²) in [5, 5.41) is 12.6. The third kappa shape index (κ3) is 5.10. The fourth-order valence-corrected chi connectivity index (χ4v) is 4.60. The zero-order valence-corrected chi connectivity index (χ0v) is 18.3. The van der Waals surface area contributed by atoms with Crippen LogP contribution in [0.4, 0.5) is 0 Å². The molecule has 1 heterocycles. The van der Waals surface area contributed by atoms with Crippen molar-refractivity contribution in [2.24, 2.45) is 0 Å². The molecule has 0 radical (unpaired) electrons. The third-order valence-electron chi connectivity index (χ3n) is 4.29. The second kappa shape index (κ2) is 7.54. The van der Waals surface area contributed by atoms with Gasteiger partial charge >= 0.3 is 0 Å². The molecular weight excluding hydrogens is 374 g/mol. The summed E-state index contributed by atoms with van der Waals surface area (Å²) >= 11 is 7.94. The Morgan fingerprint density at radius 1 is 0.963 bits per heavy atom. The van der Waals surface area contributed by atoms with Gasteiger partial charge in [0, 0.05) is 44.2 Å². The normalized spacial score (nSPS) is 12.7. The van der Waals surface area contributed by atoms with E-state index in [1.54, 1.807) is 0 Å². The molecule has 0 atom stereocenters. The van der Waals surface area contributed by atoms with Gasteiger partial charge in [-0.25, -0.2) is 0 Å². The van der Waals surface area contributed by atoms with Crippen LogP contribution in [0.1, 0.15) is 45.9 Å². The van der Waals surface area contributed by atoms with Gasteiger partial charge < -0.3 is 9.67 Å². The average molecular weight is 402 g/mol. The number of aliphatic hydroxyl groups is 1. The van der Waals surface area contributed by atoms with Crippen LogP contribution in [0.5, 0.6) is 0 Å². The minimum Gasteiger partial charge on any atom is -0.390 e. The first-order valence-electron chi connectivity index (χ1n) is 9.29. The molecule has 27 heavy (non-hydrogen) atoms. The molecular formula is C23H28ClNOS. The van der Waals surface area contributed by atoms with Crippen molar-refractivity contribution in [1.29, 1.82) is 0 Å². The van der Waals surface area contributed by atoms with Crippen molar-refractivity contribution in [3.63, 3.8) is 0 Å². The lowest BCUT2D eigenvalue weighted by Gasteiger charge is -2.23. The van der Waals surface area contributed by atoms with E-state index in [0.717, 1.165) is 11.6 Å². The smallest absolute Gasteiger partial charge is 0.0646 e. The largest absolute Gasteiger partial charge is 0.390 e. The second-order valence-electron chi connectivity index (χ2n) is 8.71. The SMILES string of the molecule is CC(C)(O)Cc1c(SC(C)(C)C)c2ccccc2n1Cc1ccc(Cl)cc1. The Hall–Kier alpha value is -1.42. The van der Waals surface area contributed by atoms with Crippen LogP contribution >= 0.6 is 23.4 Å². The Balaban J connectivity index is 2.19. The van der Waals surface area contributed by atoms with Crippen LogP contribution < -0.4 is 0 Å². The summed E-state index contributed by atoms with van der Waals surface area (Å²) < 4.78 is 2.44. The van der Waals surface area contributed by atoms with Crippen LogP contribution in [0.2, 0.25) is 5.02 Å². The fraction of sp³-hybridized carbons (Fsp3) is 0.391. The average Bonchev–Trinajstić information content (AvgIpc) is 2.81. The van der Waals surface area contributed by atoms with E-state index >= 15 is 0 Å². The van der Waals surface area contributed by atoms with E-state index in [2.05, 4.69) is 61.7 Å². The molecule has 0 amide bonds. The van der Waals surface area contributed by atoms with Gasteiger partial charge in [0.2, 0.25) is 0 Å². The van der Waals surface area contributed by atoms with Gasteiger partial charge in [0.1, 0.15) is 0 Å². The van der Waals surface area contributed by atoms with E-state index in [1.165, 1.54) is 27.1 Å². The van der Waals surface area contributed by atoms with Crippen LogP contribution in [0.15, 0.2) is 53.4 Å². The maximum absolute atomic E-state index is 10.6. The van der Waals surface area contributed by atoms with Crippen LogP contribution in [0.3, 0.4) is 0 Å². The maximum atomic E-state index is 10.6. The highest BCUT2D eigenvalue weighted by Crippen LogP contribution is 2.42. The summed E-state index contributed by atoms with van der Waals surface area (Å²) in [5.74, 6) is 0. The Bertz CT molecular complexity index is 930. The Labute approximate surface area is 171 Å². The minimum atomic E-state index is -0.778. The van der Waals surface area contributed by atoms with E-state index in [1.807, 2.05) is 37.7 Å². The molecule has 0 saturated carbocycles. The molecule has 1 N–H and O–H groups in total. The van der Waals surface area contributed by atoms with Gasteiger partial charge in [-0.1, -0.05) is 62.7 Å². The molecule has 0 aliphatic rings. The lowest BCUT2D eigenvalue weighted by Crippen LogP contribution is -2.24. The minimum absolute atomic E-state index is 0.0869. The zero-order valence-electron chi connectivity index (χ0n) is 16.7. The van der Waals surface area contributed by atoms with Crippen molar-refractivity contribution in [3.8, 4) is 0 Å². The van der Waals surface area contributed by atoms with Crippen molar-refractivity contribution >= 4 is 34.3 Å². The van der Waals surface area contributed by atoms with Gasteiger partial charge in [0.15, 0.2) is 0 Å². The van der Waals surface area contributed by atoms with Crippen molar-refractivity contribution in [1.82, 2.24) is 4.57 Å². The zero-order chi connectivity index (χ0) is 19.8. The Kier molecular flexibility index (Phi) is 5.67. The van der Waals surface area contributed by atoms with Gasteiger partial charge in [-0.05, 0) is 37.6 Å². The number of rotatable bonds is 5. The molecule has 2 nitrogen and oxygen atoms in total. The first-order valence-corrected chi connectivity index (χ1v) is 10.5. The van der Waals surface area contributed by atoms with E-state index in [4.69, 9.17) is 11.6 Å². The summed E-state index contributed by atoms with van der Waals surface area (Å²) in [6, 6.07) is 16.5. The van der Waals surface area contributed by atoms with Crippen LogP contribution in [0.25, 0.3) is 10.9 Å². The Morgan fingerprint density at radius 3 is 2.19 bits per heavy atom. The van der Waals surface area contributed by atoms with Crippen LogP contribution in [-0.2, 0) is 13.0 Å². The molecule has 0 unspecified atom stereocenters. The fourth-order valence-electron chi connectivity index (χ4n) is 3.28. The topological polar surface area (TPSA) is 25.2 Å². The van der Waals surface area contributed by atoms with Crippen LogP contribution in [-0.4, -0.2) is 20.0 Å². The van der Waals surface area contributed by atoms with Crippen molar-refractivity contribution < 1.29 is 5.11 Å². The monoisotopic (exact) mass is 401 g/mol. The number of thioether (sulfide) groups is 1. The molecule has 3 rings (SSSR count). The number of nitrogens with zero attached hydrogens (tertiary/aromatic N) is 1. The maximum Gasteiger partial charge on any atom is 0.0646 e. The first kappa shape index (κ1) is 20.3. The highest BCUT2D eigenvalue weighted by atomic mass is 35.5. The van der Waals surface area contributed by atoms with Gasteiger partial charge in [-0.3, -0.25) is 0 Å². The summed E-state index contributed by atoms with van der Waals surface area (Å²) in [6.07, 6.45) is 0.605. The third-order valence-corrected chi connectivity index (χ3v) is 5.81. The molecule has 144 valence electrons. The quantitative estimate of drug-likeness (QED) is 0.490. The summed E-state index contributed by atoms with van der Waals surface area (Å²) in [4.78, 5) is 1.27. The standard InChI is InChI=1S/C23H28ClNOS/c1-22(2,3)27-21-18-8-6-7-9-19(18)25(20(21)14-23(4,5)26)15-16-10-12-17(24)13-11-16/h6-13,26H,14-15H2,1-5H3. The first-order chi connectivity index (χ1) is 12.5. The molecule has 0 aliphatic heterocycles. The number of hydrogen-bond acceptors (Lipinski definition) is 2. The molecule has 3 aromatic rings. The second-order valence-corrected chi connectivity index (χ2v) is 11.0. The van der Waals surface area contributed by atoms with Gasteiger partial charge in [-0.15, -0.1) is 11.8 Å². The van der Waals surface area contributed by atoms with E-state index in [0.29, 0.717) is 6.42 Å². The predicted molar refractivity (Wildman–Crippen MR) is 118 cm³/mol. The number of halogens is 1. The molecule has 2 aromatic carbocycles. The van der Waals surface area contributed by atoms with E-state index < -0.39 is 5.60 Å². The summed E-state index contributed by atoms with van der Waals surface area (Å²) in [6.45, 7) is 11.2.